The Bertz CT molecular complexity index is 207. The largest absolute Gasteiger partial charge is 0.330 e. The zero-order valence-corrected chi connectivity index (χ0v) is 8.55. The number of unbranched alkanes of at least 4 members (excludes halogenated alkanes) is 1. The summed E-state index contributed by atoms with van der Waals surface area (Å²) in [6.45, 7) is 3.08. The first kappa shape index (κ1) is 9.26. The van der Waals surface area contributed by atoms with E-state index < -0.39 is 0 Å². The second-order valence-corrected chi connectivity index (χ2v) is 4.48. The molecule has 2 aliphatic carbocycles. The van der Waals surface area contributed by atoms with Crippen molar-refractivity contribution in [1.82, 2.24) is 0 Å². The average Bonchev–Trinajstić information content (AvgIpc) is 2.43. The first-order chi connectivity index (χ1) is 6.35. The summed E-state index contributed by atoms with van der Waals surface area (Å²) in [7, 11) is 0. The van der Waals surface area contributed by atoms with Crippen LogP contribution in [0, 0.1) is 17.8 Å². The van der Waals surface area contributed by atoms with Gasteiger partial charge < -0.3 is 5.73 Å². The van der Waals surface area contributed by atoms with Gasteiger partial charge in [0.05, 0.1) is 0 Å². The van der Waals surface area contributed by atoms with Crippen molar-refractivity contribution in [3.63, 3.8) is 0 Å². The molecule has 0 aromatic heterocycles. The minimum absolute atomic E-state index is 0.789. The van der Waals surface area contributed by atoms with E-state index in [1.165, 1.54) is 32.1 Å². The molecule has 1 heteroatoms. The van der Waals surface area contributed by atoms with Gasteiger partial charge in [0.2, 0.25) is 0 Å². The van der Waals surface area contributed by atoms with Crippen molar-refractivity contribution in [3.8, 4) is 0 Å². The normalized spacial score (nSPS) is 32.6. The van der Waals surface area contributed by atoms with Crippen LogP contribution in [0.25, 0.3) is 0 Å². The lowest BCUT2D eigenvalue weighted by Crippen LogP contribution is -2.35. The SMILES string of the molecule is CCCCC1=C[C@@H]2[C](CN)C[C@H]2C1. The summed E-state index contributed by atoms with van der Waals surface area (Å²) in [6.07, 6.45) is 9.21. The number of hydrogen-bond donors (Lipinski definition) is 1. The summed E-state index contributed by atoms with van der Waals surface area (Å²) < 4.78 is 0. The molecule has 1 saturated carbocycles. The van der Waals surface area contributed by atoms with Crippen molar-refractivity contribution in [2.45, 2.75) is 39.0 Å². The quantitative estimate of drug-likeness (QED) is 0.658. The summed E-state index contributed by atoms with van der Waals surface area (Å²) in [5.41, 5.74) is 7.38. The molecule has 2 atom stereocenters. The third-order valence-electron chi connectivity index (χ3n) is 3.56. The van der Waals surface area contributed by atoms with Gasteiger partial charge in [0.25, 0.3) is 0 Å². The van der Waals surface area contributed by atoms with Gasteiger partial charge >= 0.3 is 0 Å². The maximum Gasteiger partial charge on any atom is -0.000863 e. The van der Waals surface area contributed by atoms with Gasteiger partial charge in [-0.05, 0) is 50.0 Å². The Morgan fingerprint density at radius 1 is 1.46 bits per heavy atom. The molecule has 2 rings (SSSR count). The van der Waals surface area contributed by atoms with E-state index in [4.69, 9.17) is 5.73 Å². The minimum Gasteiger partial charge on any atom is -0.330 e. The molecule has 13 heavy (non-hydrogen) atoms. The molecule has 73 valence electrons. The standard InChI is InChI=1S/C12H20N/c1-2-3-4-9-5-10-7-11(8-13)12(10)6-9/h6,10,12H,2-5,7-8,13H2,1H3/t10-,12+/m1/s1. The zero-order chi connectivity index (χ0) is 9.26. The molecule has 0 bridgehead atoms. The van der Waals surface area contributed by atoms with Crippen LogP contribution in [0.3, 0.4) is 0 Å². The van der Waals surface area contributed by atoms with Crippen molar-refractivity contribution < 1.29 is 0 Å². The van der Waals surface area contributed by atoms with Crippen LogP contribution in [0.1, 0.15) is 39.0 Å². The number of allylic oxidation sites excluding steroid dienone is 2. The van der Waals surface area contributed by atoms with Gasteiger partial charge in [-0.1, -0.05) is 25.0 Å². The van der Waals surface area contributed by atoms with Crippen LogP contribution in [0.15, 0.2) is 11.6 Å². The number of rotatable bonds is 4. The van der Waals surface area contributed by atoms with E-state index in [0.29, 0.717) is 0 Å². The second-order valence-electron chi connectivity index (χ2n) is 4.48. The third-order valence-corrected chi connectivity index (χ3v) is 3.56. The molecule has 1 nitrogen and oxygen atoms in total. The molecule has 1 radical (unpaired) electrons. The summed E-state index contributed by atoms with van der Waals surface area (Å²) in [4.78, 5) is 0. The van der Waals surface area contributed by atoms with Crippen molar-refractivity contribution in [2.24, 2.45) is 17.6 Å². The van der Waals surface area contributed by atoms with E-state index in [1.807, 2.05) is 0 Å². The predicted molar refractivity (Wildman–Crippen MR) is 56.1 cm³/mol. The Balaban J connectivity index is 1.84. The van der Waals surface area contributed by atoms with E-state index in [1.54, 1.807) is 11.5 Å². The molecule has 1 fully saturated rings. The van der Waals surface area contributed by atoms with Gasteiger partial charge in [0.15, 0.2) is 0 Å². The lowest BCUT2D eigenvalue weighted by Gasteiger charge is -2.38. The molecule has 0 spiro atoms. The molecule has 0 unspecified atom stereocenters. The van der Waals surface area contributed by atoms with E-state index >= 15 is 0 Å². The highest BCUT2D eigenvalue weighted by atomic mass is 14.6. The Labute approximate surface area is 81.4 Å². The Kier molecular flexibility index (Phi) is 2.73. The molecule has 0 heterocycles. The number of nitrogens with two attached hydrogens (primary N) is 1. The smallest absolute Gasteiger partial charge is 0.000863 e. The molecular weight excluding hydrogens is 158 g/mol. The number of fused-ring (bicyclic) bond motifs is 1. The van der Waals surface area contributed by atoms with Crippen molar-refractivity contribution in [2.75, 3.05) is 6.54 Å². The first-order valence-electron chi connectivity index (χ1n) is 5.59. The third kappa shape index (κ3) is 1.67. The second kappa shape index (κ2) is 3.83. The summed E-state index contributed by atoms with van der Waals surface area (Å²) in [6, 6.07) is 0. The molecule has 0 saturated heterocycles. The molecular formula is C12H20N. The highest BCUT2D eigenvalue weighted by Gasteiger charge is 2.42. The van der Waals surface area contributed by atoms with Crippen molar-refractivity contribution in [1.29, 1.82) is 0 Å². The van der Waals surface area contributed by atoms with Gasteiger partial charge in [-0.2, -0.15) is 0 Å². The molecule has 2 aliphatic rings. The molecule has 0 aliphatic heterocycles. The lowest BCUT2D eigenvalue weighted by molar-refractivity contribution is 0.283. The highest BCUT2D eigenvalue weighted by Crippen LogP contribution is 2.51. The maximum absolute atomic E-state index is 5.67. The van der Waals surface area contributed by atoms with Gasteiger partial charge in [-0.25, -0.2) is 0 Å². The monoisotopic (exact) mass is 178 g/mol. The molecule has 0 aromatic rings. The van der Waals surface area contributed by atoms with E-state index in [2.05, 4.69) is 13.0 Å². The number of hydrogen-bond acceptors (Lipinski definition) is 1. The Morgan fingerprint density at radius 2 is 2.31 bits per heavy atom. The lowest BCUT2D eigenvalue weighted by atomic mass is 9.66. The molecule has 0 aromatic carbocycles. The van der Waals surface area contributed by atoms with E-state index in [-0.39, 0.29) is 0 Å². The predicted octanol–water partition coefficient (Wildman–Crippen LogP) is 2.68. The Morgan fingerprint density at radius 3 is 3.00 bits per heavy atom. The van der Waals surface area contributed by atoms with Gasteiger partial charge in [0.1, 0.15) is 0 Å². The minimum atomic E-state index is 0.789. The van der Waals surface area contributed by atoms with E-state index in [9.17, 15) is 0 Å². The van der Waals surface area contributed by atoms with Crippen LogP contribution in [-0.2, 0) is 0 Å². The topological polar surface area (TPSA) is 26.0 Å². The highest BCUT2D eigenvalue weighted by molar-refractivity contribution is 5.28. The molecule has 2 N–H and O–H groups in total. The fourth-order valence-electron chi connectivity index (χ4n) is 2.69. The van der Waals surface area contributed by atoms with Crippen molar-refractivity contribution in [3.05, 3.63) is 17.6 Å². The Hall–Kier alpha value is -0.300. The van der Waals surface area contributed by atoms with Crippen LogP contribution >= 0.6 is 0 Å². The van der Waals surface area contributed by atoms with Gasteiger partial charge in [0, 0.05) is 0 Å². The summed E-state index contributed by atoms with van der Waals surface area (Å²) in [5.74, 6) is 3.33. The van der Waals surface area contributed by atoms with Crippen LogP contribution in [-0.4, -0.2) is 6.54 Å². The average molecular weight is 178 g/mol. The molecule has 0 amide bonds. The first-order valence-corrected chi connectivity index (χ1v) is 5.59. The van der Waals surface area contributed by atoms with Gasteiger partial charge in [-0.3, -0.25) is 0 Å². The van der Waals surface area contributed by atoms with Gasteiger partial charge in [-0.15, -0.1) is 0 Å². The fourth-order valence-corrected chi connectivity index (χ4v) is 2.69. The summed E-state index contributed by atoms with van der Waals surface area (Å²) >= 11 is 0. The van der Waals surface area contributed by atoms with Crippen LogP contribution in [0.2, 0.25) is 0 Å². The zero-order valence-electron chi connectivity index (χ0n) is 8.55. The summed E-state index contributed by atoms with van der Waals surface area (Å²) in [5, 5.41) is 0. The van der Waals surface area contributed by atoms with E-state index in [0.717, 1.165) is 18.4 Å². The fraction of sp³-hybridized carbons (Fsp3) is 0.750. The van der Waals surface area contributed by atoms with Crippen molar-refractivity contribution >= 4 is 0 Å². The van der Waals surface area contributed by atoms with Crippen LogP contribution < -0.4 is 5.73 Å². The van der Waals surface area contributed by atoms with Crippen LogP contribution in [0.5, 0.6) is 0 Å². The maximum atomic E-state index is 5.67. The van der Waals surface area contributed by atoms with Crippen LogP contribution in [0.4, 0.5) is 0 Å².